The molecule has 22 heavy (non-hydrogen) atoms. The molecule has 5 nitrogen and oxygen atoms in total. The van der Waals surface area contributed by atoms with Crippen molar-refractivity contribution in [3.05, 3.63) is 39.7 Å². The van der Waals surface area contributed by atoms with Gasteiger partial charge in [0.2, 0.25) is 0 Å². The van der Waals surface area contributed by atoms with Crippen molar-refractivity contribution in [3.63, 3.8) is 0 Å². The Morgan fingerprint density at radius 2 is 2.09 bits per heavy atom. The normalized spacial score (nSPS) is 12.5. The van der Waals surface area contributed by atoms with Gasteiger partial charge < -0.3 is 14.6 Å². The van der Waals surface area contributed by atoms with Gasteiger partial charge in [-0.05, 0) is 46.8 Å². The van der Waals surface area contributed by atoms with Gasteiger partial charge in [0.05, 0.1) is 12.6 Å². The van der Waals surface area contributed by atoms with Crippen LogP contribution in [0.5, 0.6) is 0 Å². The summed E-state index contributed by atoms with van der Waals surface area (Å²) in [5.41, 5.74) is 0. The smallest absolute Gasteiger partial charge is 0.318 e. The molecule has 1 unspecified atom stereocenters. The van der Waals surface area contributed by atoms with E-state index in [2.05, 4.69) is 10.3 Å². The molecule has 0 aliphatic rings. The van der Waals surface area contributed by atoms with Gasteiger partial charge in [-0.25, -0.2) is 9.78 Å². The maximum Gasteiger partial charge on any atom is 0.318 e. The number of urea groups is 1. The number of rotatable bonds is 5. The zero-order valence-electron chi connectivity index (χ0n) is 13.7. The average molecular weight is 321 g/mol. The van der Waals surface area contributed by atoms with Crippen LogP contribution in [0.15, 0.2) is 22.7 Å². The van der Waals surface area contributed by atoms with E-state index in [0.29, 0.717) is 6.54 Å². The molecule has 6 heteroatoms. The molecule has 2 aromatic rings. The fourth-order valence-electron chi connectivity index (χ4n) is 2.13. The molecular formula is C16H23N3O2S. The number of aryl methyl sites for hydroxylation is 2. The van der Waals surface area contributed by atoms with Crippen LogP contribution in [-0.2, 0) is 6.54 Å². The predicted octanol–water partition coefficient (Wildman–Crippen LogP) is 4.03. The zero-order chi connectivity index (χ0) is 16.3. The third kappa shape index (κ3) is 4.10. The fourth-order valence-corrected chi connectivity index (χ4v) is 2.91. The molecule has 0 radical (unpaired) electrons. The molecule has 0 aliphatic heterocycles. The molecule has 1 N–H and O–H groups in total. The minimum absolute atomic E-state index is 0.0793. The van der Waals surface area contributed by atoms with Gasteiger partial charge in [-0.3, -0.25) is 0 Å². The summed E-state index contributed by atoms with van der Waals surface area (Å²) in [6, 6.07) is 3.68. The van der Waals surface area contributed by atoms with Gasteiger partial charge in [0, 0.05) is 17.1 Å². The molecule has 2 amide bonds. The van der Waals surface area contributed by atoms with E-state index < -0.39 is 0 Å². The third-order valence-electron chi connectivity index (χ3n) is 3.36. The second-order valence-corrected chi connectivity index (χ2v) is 6.98. The lowest BCUT2D eigenvalue weighted by Crippen LogP contribution is -2.44. The van der Waals surface area contributed by atoms with E-state index in [1.165, 1.54) is 0 Å². The van der Waals surface area contributed by atoms with Crippen molar-refractivity contribution in [1.29, 1.82) is 0 Å². The standard InChI is InChI=1S/C16H23N3O2S/c1-10(2)19(9-14-7-6-11(3)21-14)16(20)18-13(5)15-17-8-12(4)22-15/h6-8,10,13H,9H2,1-5H3,(H,18,20). The van der Waals surface area contributed by atoms with Crippen molar-refractivity contribution in [2.75, 3.05) is 0 Å². The highest BCUT2D eigenvalue weighted by Crippen LogP contribution is 2.20. The first-order valence-corrected chi connectivity index (χ1v) is 8.23. The van der Waals surface area contributed by atoms with Crippen molar-refractivity contribution in [3.8, 4) is 0 Å². The minimum atomic E-state index is -0.107. The number of aromatic nitrogens is 1. The third-order valence-corrected chi connectivity index (χ3v) is 4.45. The van der Waals surface area contributed by atoms with Crippen LogP contribution in [-0.4, -0.2) is 22.0 Å². The van der Waals surface area contributed by atoms with Crippen LogP contribution < -0.4 is 5.32 Å². The number of carbonyl (C=O) groups excluding carboxylic acids is 1. The van der Waals surface area contributed by atoms with Gasteiger partial charge in [0.15, 0.2) is 0 Å². The first-order chi connectivity index (χ1) is 10.4. The zero-order valence-corrected chi connectivity index (χ0v) is 14.5. The lowest BCUT2D eigenvalue weighted by atomic mass is 10.3. The van der Waals surface area contributed by atoms with Crippen molar-refractivity contribution in [2.45, 2.75) is 53.2 Å². The maximum atomic E-state index is 12.5. The molecule has 0 saturated carbocycles. The van der Waals surface area contributed by atoms with Crippen LogP contribution in [0.25, 0.3) is 0 Å². The quantitative estimate of drug-likeness (QED) is 0.904. The summed E-state index contributed by atoms with van der Waals surface area (Å²) in [5.74, 6) is 1.64. The summed E-state index contributed by atoms with van der Waals surface area (Å²) in [6.45, 7) is 10.3. The molecule has 120 valence electrons. The van der Waals surface area contributed by atoms with E-state index in [-0.39, 0.29) is 18.1 Å². The number of carbonyl (C=O) groups is 1. The van der Waals surface area contributed by atoms with Crippen molar-refractivity contribution < 1.29 is 9.21 Å². The predicted molar refractivity (Wildman–Crippen MR) is 87.9 cm³/mol. The first-order valence-electron chi connectivity index (χ1n) is 7.41. The van der Waals surface area contributed by atoms with E-state index in [0.717, 1.165) is 21.4 Å². The maximum absolute atomic E-state index is 12.5. The highest BCUT2D eigenvalue weighted by molar-refractivity contribution is 7.11. The fraction of sp³-hybridized carbons (Fsp3) is 0.500. The second kappa shape index (κ2) is 6.96. The Balaban J connectivity index is 2.03. The highest BCUT2D eigenvalue weighted by Gasteiger charge is 2.21. The Morgan fingerprint density at radius 3 is 2.59 bits per heavy atom. The molecule has 0 spiro atoms. The summed E-state index contributed by atoms with van der Waals surface area (Å²) >= 11 is 1.60. The van der Waals surface area contributed by atoms with Gasteiger partial charge in [-0.1, -0.05) is 0 Å². The molecule has 0 aromatic carbocycles. The SMILES string of the molecule is Cc1ccc(CN(C(=O)NC(C)c2ncc(C)s2)C(C)C)o1. The topological polar surface area (TPSA) is 58.4 Å². The lowest BCUT2D eigenvalue weighted by Gasteiger charge is -2.27. The minimum Gasteiger partial charge on any atom is -0.464 e. The van der Waals surface area contributed by atoms with Crippen LogP contribution in [0.3, 0.4) is 0 Å². The molecule has 0 aliphatic carbocycles. The monoisotopic (exact) mass is 321 g/mol. The van der Waals surface area contributed by atoms with E-state index in [4.69, 9.17) is 4.42 Å². The summed E-state index contributed by atoms with van der Waals surface area (Å²) < 4.78 is 5.58. The Morgan fingerprint density at radius 1 is 1.36 bits per heavy atom. The number of hydrogen-bond acceptors (Lipinski definition) is 4. The Hall–Kier alpha value is -1.82. The number of nitrogens with zero attached hydrogens (tertiary/aromatic N) is 2. The summed E-state index contributed by atoms with van der Waals surface area (Å²) in [5, 5.41) is 3.93. The molecule has 2 aromatic heterocycles. The number of furan rings is 1. The first kappa shape index (κ1) is 16.5. The van der Waals surface area contributed by atoms with Crippen LogP contribution in [0, 0.1) is 13.8 Å². The largest absolute Gasteiger partial charge is 0.464 e. The van der Waals surface area contributed by atoms with Crippen molar-refractivity contribution >= 4 is 17.4 Å². The Bertz CT molecular complexity index is 633. The van der Waals surface area contributed by atoms with Crippen molar-refractivity contribution in [2.24, 2.45) is 0 Å². The molecular weight excluding hydrogens is 298 g/mol. The molecule has 1 atom stereocenters. The van der Waals surface area contributed by atoms with E-state index in [1.807, 2.05) is 52.9 Å². The number of nitrogens with one attached hydrogen (secondary N) is 1. The number of thiazole rings is 1. The lowest BCUT2D eigenvalue weighted by molar-refractivity contribution is 0.170. The van der Waals surface area contributed by atoms with Gasteiger partial charge >= 0.3 is 6.03 Å². The summed E-state index contributed by atoms with van der Waals surface area (Å²) in [4.78, 5) is 19.8. The summed E-state index contributed by atoms with van der Waals surface area (Å²) in [6.07, 6.45) is 1.83. The molecule has 2 heterocycles. The Labute approximate surface area is 135 Å². The highest BCUT2D eigenvalue weighted by atomic mass is 32.1. The second-order valence-electron chi connectivity index (χ2n) is 5.71. The molecule has 0 bridgehead atoms. The van der Waals surface area contributed by atoms with Crippen LogP contribution in [0.2, 0.25) is 0 Å². The van der Waals surface area contributed by atoms with Gasteiger partial charge in [-0.2, -0.15) is 0 Å². The van der Waals surface area contributed by atoms with E-state index in [9.17, 15) is 4.79 Å². The van der Waals surface area contributed by atoms with E-state index >= 15 is 0 Å². The molecule has 2 rings (SSSR count). The van der Waals surface area contributed by atoms with Crippen LogP contribution >= 0.6 is 11.3 Å². The summed E-state index contributed by atoms with van der Waals surface area (Å²) in [7, 11) is 0. The van der Waals surface area contributed by atoms with Crippen molar-refractivity contribution in [1.82, 2.24) is 15.2 Å². The van der Waals surface area contributed by atoms with Gasteiger partial charge in [0.1, 0.15) is 16.5 Å². The van der Waals surface area contributed by atoms with Gasteiger partial charge in [0.25, 0.3) is 0 Å². The molecule has 0 fully saturated rings. The molecule has 0 saturated heterocycles. The Kier molecular flexibility index (Phi) is 5.24. The average Bonchev–Trinajstić information content (AvgIpc) is 3.04. The van der Waals surface area contributed by atoms with Crippen LogP contribution in [0.1, 0.15) is 48.2 Å². The number of amides is 2. The van der Waals surface area contributed by atoms with E-state index in [1.54, 1.807) is 16.2 Å². The van der Waals surface area contributed by atoms with Gasteiger partial charge in [-0.15, -0.1) is 11.3 Å². The van der Waals surface area contributed by atoms with Crippen LogP contribution in [0.4, 0.5) is 4.79 Å². The number of hydrogen-bond donors (Lipinski definition) is 1.